The minimum absolute atomic E-state index is 0.108. The van der Waals surface area contributed by atoms with Crippen LogP contribution < -0.4 is 11.1 Å². The molecule has 110 valence electrons. The van der Waals surface area contributed by atoms with Crippen LogP contribution in [-0.2, 0) is 4.79 Å². The third kappa shape index (κ3) is 4.34. The van der Waals surface area contributed by atoms with Gasteiger partial charge in [0.05, 0.1) is 12.1 Å². The zero-order chi connectivity index (χ0) is 15.3. The van der Waals surface area contributed by atoms with Crippen LogP contribution in [0.15, 0.2) is 23.9 Å². The number of carbonyl (C=O) groups excluding carboxylic acids is 1. The van der Waals surface area contributed by atoms with Crippen molar-refractivity contribution >= 4 is 11.5 Å². The van der Waals surface area contributed by atoms with E-state index in [1.807, 2.05) is 0 Å². The molecule has 0 spiro atoms. The Balaban J connectivity index is 3.37. The van der Waals surface area contributed by atoms with Gasteiger partial charge in [0.15, 0.2) is 0 Å². The maximum atomic E-state index is 12.7. The summed E-state index contributed by atoms with van der Waals surface area (Å²) in [6, 6.07) is 3.09. The number of hydrogen-bond donors (Lipinski definition) is 2. The second-order valence-corrected chi connectivity index (χ2v) is 4.25. The molecule has 1 rings (SSSR count). The first-order valence-corrected chi connectivity index (χ1v) is 5.92. The number of carbonyl (C=O) groups is 1. The molecule has 0 aliphatic carbocycles. The first-order valence-electron chi connectivity index (χ1n) is 5.92. The van der Waals surface area contributed by atoms with Crippen molar-refractivity contribution in [2.75, 3.05) is 13.6 Å². The Labute approximate surface area is 114 Å². The van der Waals surface area contributed by atoms with Crippen molar-refractivity contribution in [3.63, 3.8) is 0 Å². The number of likely N-dealkylation sites (N-methyl/N-ethyl adjacent to an activating group) is 1. The highest BCUT2D eigenvalue weighted by molar-refractivity contribution is 6.01. The van der Waals surface area contributed by atoms with Crippen molar-refractivity contribution < 1.29 is 18.0 Å². The summed E-state index contributed by atoms with van der Waals surface area (Å²) in [6.07, 6.45) is -4.25. The van der Waals surface area contributed by atoms with Crippen molar-refractivity contribution in [1.82, 2.24) is 10.3 Å². The van der Waals surface area contributed by atoms with Gasteiger partial charge in [-0.3, -0.25) is 9.78 Å². The van der Waals surface area contributed by atoms with Crippen LogP contribution in [0.1, 0.15) is 17.7 Å². The monoisotopic (exact) mass is 287 g/mol. The maximum Gasteiger partial charge on any atom is 0.393 e. The molecule has 0 aliphatic rings. The van der Waals surface area contributed by atoms with Crippen LogP contribution in [0.25, 0.3) is 5.57 Å². The lowest BCUT2D eigenvalue weighted by Gasteiger charge is -2.15. The molecule has 0 aromatic carbocycles. The van der Waals surface area contributed by atoms with Gasteiger partial charge < -0.3 is 11.1 Å². The van der Waals surface area contributed by atoms with Crippen molar-refractivity contribution in [2.24, 2.45) is 5.73 Å². The van der Waals surface area contributed by atoms with E-state index in [0.29, 0.717) is 0 Å². The van der Waals surface area contributed by atoms with E-state index in [1.165, 1.54) is 19.3 Å². The Morgan fingerprint density at radius 1 is 1.40 bits per heavy atom. The van der Waals surface area contributed by atoms with E-state index in [-0.39, 0.29) is 23.4 Å². The first kappa shape index (κ1) is 16.2. The molecule has 3 N–H and O–H groups in total. The molecule has 20 heavy (non-hydrogen) atoms. The van der Waals surface area contributed by atoms with E-state index in [9.17, 15) is 18.0 Å². The van der Waals surface area contributed by atoms with Crippen LogP contribution in [0, 0.1) is 6.92 Å². The topological polar surface area (TPSA) is 68.0 Å². The average Bonchev–Trinajstić information content (AvgIpc) is 2.37. The molecular formula is C13H16F3N3O. The smallest absolute Gasteiger partial charge is 0.355 e. The van der Waals surface area contributed by atoms with Gasteiger partial charge in [0.2, 0.25) is 5.91 Å². The fraction of sp³-hybridized carbons (Fsp3) is 0.385. The van der Waals surface area contributed by atoms with Crippen LogP contribution in [0.3, 0.4) is 0 Å². The van der Waals surface area contributed by atoms with E-state index in [2.05, 4.69) is 10.3 Å². The highest BCUT2D eigenvalue weighted by Crippen LogP contribution is 2.31. The highest BCUT2D eigenvalue weighted by Gasteiger charge is 2.32. The third-order valence-electron chi connectivity index (χ3n) is 2.67. The molecule has 0 radical (unpaired) electrons. The molecule has 0 fully saturated rings. The minimum atomic E-state index is -4.45. The van der Waals surface area contributed by atoms with Gasteiger partial charge >= 0.3 is 6.18 Å². The minimum Gasteiger partial charge on any atom is -0.355 e. The summed E-state index contributed by atoms with van der Waals surface area (Å²) in [6.45, 7) is 1.48. The van der Waals surface area contributed by atoms with E-state index in [0.717, 1.165) is 5.56 Å². The number of nitrogens with two attached hydrogens (primary N) is 1. The molecule has 0 atom stereocenters. The molecule has 7 heteroatoms. The molecule has 1 aromatic rings. The quantitative estimate of drug-likeness (QED) is 0.830. The standard InChI is InChI=1S/C13H16F3N3O/c1-8-3-4-11(19-7-8)9(5-13(14,15)16)10(6-17)12(20)18-2/h3-4,7H,5-6,17H2,1-2H3,(H,18,20)/b10-9+. The number of halogens is 3. The molecular weight excluding hydrogens is 271 g/mol. The Morgan fingerprint density at radius 2 is 2.05 bits per heavy atom. The molecule has 1 amide bonds. The SMILES string of the molecule is CNC(=O)/C(CN)=C(\CC(F)(F)F)c1ccc(C)cn1. The number of allylic oxidation sites excluding steroid dienone is 1. The van der Waals surface area contributed by atoms with Gasteiger partial charge in [-0.1, -0.05) is 6.07 Å². The molecule has 0 bridgehead atoms. The lowest BCUT2D eigenvalue weighted by atomic mass is 9.99. The summed E-state index contributed by atoms with van der Waals surface area (Å²) < 4.78 is 38.1. The molecule has 0 saturated heterocycles. The van der Waals surface area contributed by atoms with Gasteiger partial charge in [-0.05, 0) is 24.1 Å². The number of aromatic nitrogens is 1. The summed E-state index contributed by atoms with van der Waals surface area (Å²) in [5, 5.41) is 2.29. The number of hydrogen-bond acceptors (Lipinski definition) is 3. The van der Waals surface area contributed by atoms with Crippen LogP contribution >= 0.6 is 0 Å². The maximum absolute atomic E-state index is 12.7. The highest BCUT2D eigenvalue weighted by atomic mass is 19.4. The molecule has 1 aromatic heterocycles. The van der Waals surface area contributed by atoms with Crippen LogP contribution in [0.2, 0.25) is 0 Å². The molecule has 0 aliphatic heterocycles. The summed E-state index contributed by atoms with van der Waals surface area (Å²) in [7, 11) is 1.34. The number of amides is 1. The zero-order valence-electron chi connectivity index (χ0n) is 11.2. The lowest BCUT2D eigenvalue weighted by molar-refractivity contribution is -0.123. The summed E-state index contributed by atoms with van der Waals surface area (Å²) in [4.78, 5) is 15.6. The van der Waals surface area contributed by atoms with Gasteiger partial charge in [-0.2, -0.15) is 13.2 Å². The fourth-order valence-corrected chi connectivity index (χ4v) is 1.70. The lowest BCUT2D eigenvalue weighted by Crippen LogP contribution is -2.27. The van der Waals surface area contributed by atoms with Crippen LogP contribution in [-0.4, -0.2) is 30.7 Å². The number of nitrogens with one attached hydrogen (secondary N) is 1. The van der Waals surface area contributed by atoms with E-state index in [1.54, 1.807) is 13.0 Å². The number of rotatable bonds is 4. The van der Waals surface area contributed by atoms with E-state index < -0.39 is 18.5 Å². The first-order chi connectivity index (χ1) is 9.28. The summed E-state index contributed by atoms with van der Waals surface area (Å²) in [5.41, 5.74) is 6.04. The molecule has 0 unspecified atom stereocenters. The predicted molar refractivity (Wildman–Crippen MR) is 69.7 cm³/mol. The van der Waals surface area contributed by atoms with Crippen molar-refractivity contribution in [2.45, 2.75) is 19.5 Å². The van der Waals surface area contributed by atoms with Crippen molar-refractivity contribution in [1.29, 1.82) is 0 Å². The van der Waals surface area contributed by atoms with Gasteiger partial charge in [0.1, 0.15) is 0 Å². The Kier molecular flexibility index (Phi) is 5.26. The van der Waals surface area contributed by atoms with Gasteiger partial charge in [0.25, 0.3) is 0 Å². The van der Waals surface area contributed by atoms with Gasteiger partial charge in [0, 0.05) is 25.4 Å². The second-order valence-electron chi connectivity index (χ2n) is 4.25. The fourth-order valence-electron chi connectivity index (χ4n) is 1.70. The Morgan fingerprint density at radius 3 is 2.45 bits per heavy atom. The number of alkyl halides is 3. The van der Waals surface area contributed by atoms with Crippen LogP contribution in [0.5, 0.6) is 0 Å². The zero-order valence-corrected chi connectivity index (χ0v) is 11.2. The van der Waals surface area contributed by atoms with Gasteiger partial charge in [-0.15, -0.1) is 0 Å². The predicted octanol–water partition coefficient (Wildman–Crippen LogP) is 1.80. The van der Waals surface area contributed by atoms with E-state index in [4.69, 9.17) is 5.73 Å². The van der Waals surface area contributed by atoms with Crippen molar-refractivity contribution in [3.8, 4) is 0 Å². The molecule has 0 saturated carbocycles. The number of pyridine rings is 1. The molecule has 4 nitrogen and oxygen atoms in total. The average molecular weight is 287 g/mol. The van der Waals surface area contributed by atoms with E-state index >= 15 is 0 Å². The van der Waals surface area contributed by atoms with Crippen LogP contribution in [0.4, 0.5) is 13.2 Å². The second kappa shape index (κ2) is 6.51. The third-order valence-corrected chi connectivity index (χ3v) is 2.67. The Hall–Kier alpha value is -1.89. The summed E-state index contributed by atoms with van der Waals surface area (Å²) >= 11 is 0. The summed E-state index contributed by atoms with van der Waals surface area (Å²) in [5.74, 6) is -0.630. The van der Waals surface area contributed by atoms with Crippen molar-refractivity contribution in [3.05, 3.63) is 35.2 Å². The van der Waals surface area contributed by atoms with Gasteiger partial charge in [-0.25, -0.2) is 0 Å². The normalized spacial score (nSPS) is 12.9. The number of aryl methyl sites for hydroxylation is 1. The number of nitrogens with zero attached hydrogens (tertiary/aromatic N) is 1. The molecule has 1 heterocycles. The Bertz CT molecular complexity index is 507. The largest absolute Gasteiger partial charge is 0.393 e.